The summed E-state index contributed by atoms with van der Waals surface area (Å²) in [5.41, 5.74) is 1.92. The largest absolute Gasteiger partial charge is 0.456 e. The molecule has 0 aromatic heterocycles. The summed E-state index contributed by atoms with van der Waals surface area (Å²) in [6.07, 6.45) is 0. The Bertz CT molecular complexity index is 570. The van der Waals surface area contributed by atoms with Crippen LogP contribution < -0.4 is 4.74 Å². The monoisotopic (exact) mass is 284 g/mol. The summed E-state index contributed by atoms with van der Waals surface area (Å²) < 4.78 is 18.6. The maximum Gasteiger partial charge on any atom is 0.146 e. The summed E-state index contributed by atoms with van der Waals surface area (Å²) in [6, 6.07) is 9.73. The van der Waals surface area contributed by atoms with E-state index in [0.29, 0.717) is 17.4 Å². The van der Waals surface area contributed by atoms with Crippen LogP contribution in [0.1, 0.15) is 11.1 Å². The predicted octanol–water partition coefficient (Wildman–Crippen LogP) is 5.32. The number of alkyl halides is 1. The van der Waals surface area contributed by atoms with Crippen molar-refractivity contribution in [2.24, 2.45) is 0 Å². The second-order valence-corrected chi connectivity index (χ2v) is 4.58. The molecule has 0 atom stereocenters. The van der Waals surface area contributed by atoms with Crippen LogP contribution in [0, 0.1) is 12.7 Å². The van der Waals surface area contributed by atoms with Crippen molar-refractivity contribution >= 4 is 23.2 Å². The molecule has 0 aliphatic rings. The molecule has 0 bridgehead atoms. The third kappa shape index (κ3) is 2.95. The Hall–Kier alpha value is -1.25. The third-order valence-corrected chi connectivity index (χ3v) is 3.12. The first-order chi connectivity index (χ1) is 8.60. The van der Waals surface area contributed by atoms with Crippen LogP contribution in [0.4, 0.5) is 4.39 Å². The number of rotatable bonds is 3. The van der Waals surface area contributed by atoms with Crippen molar-refractivity contribution < 1.29 is 9.13 Å². The molecule has 4 heteroatoms. The van der Waals surface area contributed by atoms with Gasteiger partial charge in [0.05, 0.1) is 5.02 Å². The lowest BCUT2D eigenvalue weighted by atomic mass is 10.1. The van der Waals surface area contributed by atoms with Crippen LogP contribution in [0.5, 0.6) is 11.5 Å². The average molecular weight is 285 g/mol. The van der Waals surface area contributed by atoms with Gasteiger partial charge in [-0.25, -0.2) is 4.39 Å². The van der Waals surface area contributed by atoms with Crippen molar-refractivity contribution in [3.8, 4) is 11.5 Å². The van der Waals surface area contributed by atoms with Crippen LogP contribution in [0.25, 0.3) is 0 Å². The molecule has 0 aliphatic carbocycles. The summed E-state index contributed by atoms with van der Waals surface area (Å²) >= 11 is 11.7. The lowest BCUT2D eigenvalue weighted by molar-refractivity contribution is 0.476. The molecule has 0 unspecified atom stereocenters. The molecule has 0 fully saturated rings. The zero-order chi connectivity index (χ0) is 13.1. The van der Waals surface area contributed by atoms with Crippen LogP contribution >= 0.6 is 23.2 Å². The molecule has 0 aliphatic heterocycles. The summed E-state index contributed by atoms with van der Waals surface area (Å²) in [7, 11) is 0. The maximum atomic E-state index is 12.9. The second-order valence-electron chi connectivity index (χ2n) is 3.91. The van der Waals surface area contributed by atoms with Gasteiger partial charge in [-0.05, 0) is 42.3 Å². The lowest BCUT2D eigenvalue weighted by Gasteiger charge is -2.11. The highest BCUT2D eigenvalue weighted by Crippen LogP contribution is 2.32. The zero-order valence-electron chi connectivity index (χ0n) is 9.71. The molecule has 2 aromatic rings. The molecule has 1 nitrogen and oxygen atoms in total. The first-order valence-corrected chi connectivity index (χ1v) is 6.30. The highest BCUT2D eigenvalue weighted by molar-refractivity contribution is 6.32. The Kier molecular flexibility index (Phi) is 4.10. The molecule has 18 heavy (non-hydrogen) atoms. The first kappa shape index (κ1) is 13.2. The molecular formula is C14H11Cl2FO. The topological polar surface area (TPSA) is 9.23 Å². The van der Waals surface area contributed by atoms with Crippen molar-refractivity contribution in [2.45, 2.75) is 12.8 Å². The van der Waals surface area contributed by atoms with E-state index in [1.807, 2.05) is 25.1 Å². The minimum Gasteiger partial charge on any atom is -0.456 e. The van der Waals surface area contributed by atoms with Crippen LogP contribution in [0.3, 0.4) is 0 Å². The fourth-order valence-corrected chi connectivity index (χ4v) is 1.89. The fourth-order valence-electron chi connectivity index (χ4n) is 1.51. The number of hydrogen-bond acceptors (Lipinski definition) is 1. The summed E-state index contributed by atoms with van der Waals surface area (Å²) in [5, 5.41) is 0.241. The number of benzene rings is 2. The lowest BCUT2D eigenvalue weighted by Crippen LogP contribution is -1.90. The normalized spacial score (nSPS) is 10.4. The Labute approximate surface area is 115 Å². The molecule has 2 aromatic carbocycles. The smallest absolute Gasteiger partial charge is 0.146 e. The standard InChI is InChI=1S/C14H11Cl2FO/c1-9-2-3-10(8-15)6-14(9)18-13-5-4-11(17)7-12(13)16/h2-7H,8H2,1H3. The molecule has 0 radical (unpaired) electrons. The van der Waals surface area contributed by atoms with Gasteiger partial charge in [-0.1, -0.05) is 23.7 Å². The quantitative estimate of drug-likeness (QED) is 0.693. The average Bonchev–Trinajstić information content (AvgIpc) is 2.35. The zero-order valence-corrected chi connectivity index (χ0v) is 11.2. The molecule has 0 spiro atoms. The van der Waals surface area contributed by atoms with Crippen LogP contribution in [0.15, 0.2) is 36.4 Å². The van der Waals surface area contributed by atoms with Gasteiger partial charge >= 0.3 is 0 Å². The molecule has 0 N–H and O–H groups in total. The van der Waals surface area contributed by atoms with Crippen molar-refractivity contribution in [3.63, 3.8) is 0 Å². The minimum atomic E-state index is -0.390. The van der Waals surface area contributed by atoms with Crippen molar-refractivity contribution in [2.75, 3.05) is 0 Å². The van der Waals surface area contributed by atoms with E-state index < -0.39 is 5.82 Å². The number of halogens is 3. The van der Waals surface area contributed by atoms with E-state index >= 15 is 0 Å². The van der Waals surface area contributed by atoms with E-state index in [0.717, 1.165) is 11.1 Å². The van der Waals surface area contributed by atoms with E-state index in [9.17, 15) is 4.39 Å². The Morgan fingerprint density at radius 1 is 1.11 bits per heavy atom. The maximum absolute atomic E-state index is 12.9. The van der Waals surface area contributed by atoms with Crippen LogP contribution in [0.2, 0.25) is 5.02 Å². The minimum absolute atomic E-state index is 0.241. The van der Waals surface area contributed by atoms with Crippen molar-refractivity contribution in [3.05, 3.63) is 58.4 Å². The molecule has 0 heterocycles. The first-order valence-electron chi connectivity index (χ1n) is 5.38. The molecule has 0 amide bonds. The highest BCUT2D eigenvalue weighted by Gasteiger charge is 2.07. The Morgan fingerprint density at radius 3 is 2.56 bits per heavy atom. The number of hydrogen-bond donors (Lipinski definition) is 0. The van der Waals surface area contributed by atoms with Gasteiger partial charge in [0.25, 0.3) is 0 Å². The molecule has 2 rings (SSSR count). The van der Waals surface area contributed by atoms with Crippen molar-refractivity contribution in [1.29, 1.82) is 0 Å². The van der Waals surface area contributed by atoms with E-state index in [4.69, 9.17) is 27.9 Å². The van der Waals surface area contributed by atoms with Gasteiger partial charge < -0.3 is 4.74 Å². The van der Waals surface area contributed by atoms with Gasteiger partial charge in [0.1, 0.15) is 17.3 Å². The van der Waals surface area contributed by atoms with Gasteiger partial charge in [0, 0.05) is 5.88 Å². The predicted molar refractivity (Wildman–Crippen MR) is 72.2 cm³/mol. The fraction of sp³-hybridized carbons (Fsp3) is 0.143. The molecule has 0 saturated heterocycles. The number of ether oxygens (including phenoxy) is 1. The Balaban J connectivity index is 2.33. The van der Waals surface area contributed by atoms with Gasteiger partial charge in [-0.3, -0.25) is 0 Å². The summed E-state index contributed by atoms with van der Waals surface area (Å²) in [5.74, 6) is 1.11. The van der Waals surface area contributed by atoms with E-state index in [2.05, 4.69) is 0 Å². The second kappa shape index (κ2) is 5.59. The number of aryl methyl sites for hydroxylation is 1. The summed E-state index contributed by atoms with van der Waals surface area (Å²) in [6.45, 7) is 1.92. The molecule has 94 valence electrons. The van der Waals surface area contributed by atoms with E-state index in [1.165, 1.54) is 18.2 Å². The third-order valence-electron chi connectivity index (χ3n) is 2.52. The molecule has 0 saturated carbocycles. The van der Waals surface area contributed by atoms with Crippen molar-refractivity contribution in [1.82, 2.24) is 0 Å². The van der Waals surface area contributed by atoms with Gasteiger partial charge in [0.2, 0.25) is 0 Å². The highest BCUT2D eigenvalue weighted by atomic mass is 35.5. The van der Waals surface area contributed by atoms with Crippen LogP contribution in [-0.4, -0.2) is 0 Å². The van der Waals surface area contributed by atoms with Crippen LogP contribution in [-0.2, 0) is 5.88 Å². The summed E-state index contributed by atoms with van der Waals surface area (Å²) in [4.78, 5) is 0. The SMILES string of the molecule is Cc1ccc(CCl)cc1Oc1ccc(F)cc1Cl. The van der Waals surface area contributed by atoms with E-state index in [1.54, 1.807) is 0 Å². The molecular weight excluding hydrogens is 274 g/mol. The van der Waals surface area contributed by atoms with E-state index in [-0.39, 0.29) is 5.02 Å². The van der Waals surface area contributed by atoms with Gasteiger partial charge in [-0.2, -0.15) is 0 Å². The van der Waals surface area contributed by atoms with Gasteiger partial charge in [0.15, 0.2) is 0 Å². The van der Waals surface area contributed by atoms with Gasteiger partial charge in [-0.15, -0.1) is 11.6 Å². The Morgan fingerprint density at radius 2 is 1.89 bits per heavy atom.